The number of nitrogens with one attached hydrogen (secondary N) is 2. The normalized spacial score (nSPS) is 20.3. The number of aryl methyl sites for hydroxylation is 1. The Morgan fingerprint density at radius 1 is 1.18 bits per heavy atom. The zero-order chi connectivity index (χ0) is 31.7. The molecule has 3 atom stereocenters. The lowest BCUT2D eigenvalue weighted by Crippen LogP contribution is -2.58. The van der Waals surface area contributed by atoms with Gasteiger partial charge in [0.05, 0.1) is 37.8 Å². The smallest absolute Gasteiger partial charge is 0.254 e. The van der Waals surface area contributed by atoms with Crippen molar-refractivity contribution in [2.45, 2.75) is 31.8 Å². The third kappa shape index (κ3) is 5.91. The van der Waals surface area contributed by atoms with Gasteiger partial charge >= 0.3 is 0 Å². The summed E-state index contributed by atoms with van der Waals surface area (Å²) in [7, 11) is 1.27. The van der Waals surface area contributed by atoms with E-state index in [4.69, 9.17) is 9.47 Å². The number of halogens is 2. The fraction of sp³-hybridized carbons (Fsp3) is 0.355. The highest BCUT2D eigenvalue weighted by atomic mass is 19.2. The number of carbonyl (C=O) groups is 2. The number of fused-ring (bicyclic) bond motifs is 1. The van der Waals surface area contributed by atoms with Crippen LogP contribution in [0.25, 0.3) is 16.9 Å². The Morgan fingerprint density at radius 2 is 2.02 bits per heavy atom. The van der Waals surface area contributed by atoms with E-state index in [1.807, 2.05) is 6.92 Å². The summed E-state index contributed by atoms with van der Waals surface area (Å²) in [4.78, 5) is 37.2. The SMILES string of the molecule is COc1ccc(-c2cnc3c(Nc4ccc(C(=O)N5CCN(C=O)C(O[C@H]6CNCC[C@H]6O)C5)c(C)c4)nccn23)c(F)c1F. The first-order valence-corrected chi connectivity index (χ1v) is 14.6. The van der Waals surface area contributed by atoms with E-state index in [0.717, 1.165) is 0 Å². The predicted molar refractivity (Wildman–Crippen MR) is 160 cm³/mol. The number of rotatable bonds is 8. The van der Waals surface area contributed by atoms with Crippen molar-refractivity contribution in [2.24, 2.45) is 0 Å². The molecule has 12 nitrogen and oxygen atoms in total. The number of nitrogens with zero attached hydrogens (tertiary/aromatic N) is 5. The topological polar surface area (TPSA) is 134 Å². The number of piperazine rings is 1. The minimum absolute atomic E-state index is 0.0184. The molecule has 2 aliphatic heterocycles. The number of hydrogen-bond donors (Lipinski definition) is 3. The summed E-state index contributed by atoms with van der Waals surface area (Å²) in [6.07, 6.45) is 4.02. The fourth-order valence-corrected chi connectivity index (χ4v) is 5.73. The number of aliphatic hydroxyl groups is 1. The zero-order valence-corrected chi connectivity index (χ0v) is 24.7. The summed E-state index contributed by atoms with van der Waals surface area (Å²) < 4.78 is 41.8. The lowest BCUT2D eigenvalue weighted by atomic mass is 10.1. The molecule has 2 amide bonds. The van der Waals surface area contributed by atoms with Crippen molar-refractivity contribution >= 4 is 29.5 Å². The van der Waals surface area contributed by atoms with Gasteiger partial charge in [0.2, 0.25) is 12.2 Å². The maximum atomic E-state index is 14.9. The quantitative estimate of drug-likeness (QED) is 0.254. The molecule has 45 heavy (non-hydrogen) atoms. The van der Waals surface area contributed by atoms with Gasteiger partial charge < -0.3 is 35.0 Å². The van der Waals surface area contributed by atoms with Crippen LogP contribution in [0.2, 0.25) is 0 Å². The minimum Gasteiger partial charge on any atom is -0.494 e. The largest absolute Gasteiger partial charge is 0.494 e. The molecule has 0 aliphatic carbocycles. The Labute approximate surface area is 257 Å². The number of methoxy groups -OCH3 is 1. The number of aromatic nitrogens is 3. The van der Waals surface area contributed by atoms with Crippen LogP contribution in [0, 0.1) is 18.6 Å². The number of ether oxygens (including phenoxy) is 2. The number of piperidine rings is 1. The Balaban J connectivity index is 1.19. The Kier molecular flexibility index (Phi) is 8.61. The number of benzene rings is 2. The molecule has 2 aromatic carbocycles. The van der Waals surface area contributed by atoms with Gasteiger partial charge in [0.1, 0.15) is 6.23 Å². The van der Waals surface area contributed by atoms with Crippen LogP contribution in [0.5, 0.6) is 5.75 Å². The minimum atomic E-state index is -1.09. The van der Waals surface area contributed by atoms with Gasteiger partial charge in [-0.2, -0.15) is 4.39 Å². The monoisotopic (exact) mass is 621 g/mol. The maximum Gasteiger partial charge on any atom is 0.254 e. The van der Waals surface area contributed by atoms with Crippen LogP contribution in [0.15, 0.2) is 48.9 Å². The number of anilines is 2. The first kappa shape index (κ1) is 30.4. The van der Waals surface area contributed by atoms with Crippen LogP contribution in [0.1, 0.15) is 22.3 Å². The van der Waals surface area contributed by atoms with E-state index in [0.29, 0.717) is 73.0 Å². The Morgan fingerprint density at radius 3 is 2.78 bits per heavy atom. The molecule has 0 radical (unpaired) electrons. The van der Waals surface area contributed by atoms with Crippen molar-refractivity contribution in [2.75, 3.05) is 45.2 Å². The second-order valence-corrected chi connectivity index (χ2v) is 11.0. The Bertz CT molecular complexity index is 1730. The lowest BCUT2D eigenvalue weighted by molar-refractivity contribution is -0.165. The van der Waals surface area contributed by atoms with Crippen LogP contribution in [-0.2, 0) is 9.53 Å². The molecule has 4 heterocycles. The molecule has 1 unspecified atom stereocenters. The predicted octanol–water partition coefficient (Wildman–Crippen LogP) is 2.71. The summed E-state index contributed by atoms with van der Waals surface area (Å²) in [5, 5.41) is 16.7. The molecule has 2 saturated heterocycles. The van der Waals surface area contributed by atoms with E-state index in [1.165, 1.54) is 36.5 Å². The average Bonchev–Trinajstić information content (AvgIpc) is 3.48. The summed E-state index contributed by atoms with van der Waals surface area (Å²) in [5.41, 5.74) is 2.58. The number of amides is 2. The molecule has 0 spiro atoms. The van der Waals surface area contributed by atoms with Gasteiger partial charge in [0.15, 0.2) is 23.0 Å². The third-order valence-corrected chi connectivity index (χ3v) is 8.21. The summed E-state index contributed by atoms with van der Waals surface area (Å²) in [6.45, 7) is 3.80. The molecule has 0 bridgehead atoms. The molecule has 4 aromatic rings. The van der Waals surface area contributed by atoms with E-state index in [9.17, 15) is 23.5 Å². The third-order valence-electron chi connectivity index (χ3n) is 8.21. The number of hydrogen-bond acceptors (Lipinski definition) is 9. The second kappa shape index (κ2) is 12.8. The maximum absolute atomic E-state index is 14.9. The van der Waals surface area contributed by atoms with E-state index >= 15 is 0 Å². The van der Waals surface area contributed by atoms with Gasteiger partial charge in [-0.05, 0) is 55.8 Å². The van der Waals surface area contributed by atoms with E-state index in [1.54, 1.807) is 33.7 Å². The van der Waals surface area contributed by atoms with Gasteiger partial charge in [0, 0.05) is 48.8 Å². The lowest BCUT2D eigenvalue weighted by Gasteiger charge is -2.42. The first-order chi connectivity index (χ1) is 21.8. The summed E-state index contributed by atoms with van der Waals surface area (Å²) in [5.74, 6) is -2.16. The van der Waals surface area contributed by atoms with Gasteiger partial charge in [-0.25, -0.2) is 14.4 Å². The average molecular weight is 622 g/mol. The molecule has 14 heteroatoms. The Hall–Kier alpha value is -4.66. The van der Waals surface area contributed by atoms with Crippen LogP contribution in [0.4, 0.5) is 20.3 Å². The molecule has 0 saturated carbocycles. The zero-order valence-electron chi connectivity index (χ0n) is 24.7. The standard InChI is InChI=1S/C31H33F2N7O5/c1-18-13-19(37-29-30-36-14-22(40(30)10-9-35-29)21-5-6-24(44-2)28(33)27(21)32)3-4-20(18)31(43)38-11-12-39(17-41)26(16-38)45-25-15-34-8-7-23(25)42/h3-6,9-10,13-14,17,23,25-26,34,42H,7-8,11-12,15-16H2,1-2H3,(H,35,37)/t23-,25+,26?/m1/s1. The van der Waals surface area contributed by atoms with E-state index < -0.39 is 30.1 Å². The van der Waals surface area contributed by atoms with Gasteiger partial charge in [0.25, 0.3) is 5.91 Å². The van der Waals surface area contributed by atoms with Crippen molar-refractivity contribution in [3.63, 3.8) is 0 Å². The fourth-order valence-electron chi connectivity index (χ4n) is 5.73. The molecular weight excluding hydrogens is 588 g/mol. The molecule has 2 aromatic heterocycles. The van der Waals surface area contributed by atoms with Crippen LogP contribution in [-0.4, -0.2) is 99.9 Å². The summed E-state index contributed by atoms with van der Waals surface area (Å²) >= 11 is 0. The highest BCUT2D eigenvalue weighted by Crippen LogP contribution is 2.32. The van der Waals surface area contributed by atoms with Crippen molar-refractivity contribution in [3.05, 3.63) is 71.7 Å². The molecule has 2 aliphatic rings. The molecular formula is C31H33F2N7O5. The van der Waals surface area contributed by atoms with Crippen LogP contribution < -0.4 is 15.4 Å². The van der Waals surface area contributed by atoms with Gasteiger partial charge in [-0.1, -0.05) is 0 Å². The molecule has 236 valence electrons. The van der Waals surface area contributed by atoms with Gasteiger partial charge in [-0.15, -0.1) is 0 Å². The highest BCUT2D eigenvalue weighted by Gasteiger charge is 2.34. The van der Waals surface area contributed by atoms with Crippen LogP contribution >= 0.6 is 0 Å². The molecule has 2 fully saturated rings. The second-order valence-electron chi connectivity index (χ2n) is 11.0. The van der Waals surface area contributed by atoms with Crippen molar-refractivity contribution in [3.8, 4) is 17.0 Å². The highest BCUT2D eigenvalue weighted by molar-refractivity contribution is 5.96. The van der Waals surface area contributed by atoms with Crippen molar-refractivity contribution in [1.82, 2.24) is 29.5 Å². The molecule has 3 N–H and O–H groups in total. The molecule has 6 rings (SSSR count). The summed E-state index contributed by atoms with van der Waals surface area (Å²) in [6, 6.07) is 8.04. The number of carbonyl (C=O) groups excluding carboxylic acids is 2. The van der Waals surface area contributed by atoms with Crippen LogP contribution in [0.3, 0.4) is 0 Å². The number of aliphatic hydroxyl groups excluding tert-OH is 1. The van der Waals surface area contributed by atoms with E-state index in [2.05, 4.69) is 20.6 Å². The van der Waals surface area contributed by atoms with Crippen molar-refractivity contribution < 1.29 is 33.0 Å². The van der Waals surface area contributed by atoms with Gasteiger partial charge in [-0.3, -0.25) is 14.0 Å². The van der Waals surface area contributed by atoms with Crippen molar-refractivity contribution in [1.29, 1.82) is 0 Å². The van der Waals surface area contributed by atoms with E-state index in [-0.39, 0.29) is 23.8 Å². The first-order valence-electron chi connectivity index (χ1n) is 14.6. The number of imidazole rings is 1.